The number of aliphatic hydroxyl groups excluding tert-OH is 1. The van der Waals surface area contributed by atoms with Crippen LogP contribution in [0.25, 0.3) is 0 Å². The molecule has 0 spiro atoms. The Hall–Kier alpha value is -1.22. The number of ether oxygens (including phenoxy) is 2. The minimum Gasteiger partial charge on any atom is -0.493 e. The topological polar surface area (TPSA) is 38.7 Å². The fraction of sp³-hybridized carbons (Fsp3) is 0.571. The summed E-state index contributed by atoms with van der Waals surface area (Å²) in [5.41, 5.74) is 2.01. The maximum absolute atomic E-state index is 9.44. The van der Waals surface area contributed by atoms with Crippen molar-refractivity contribution in [3.05, 3.63) is 23.3 Å². The van der Waals surface area contributed by atoms with Crippen LogP contribution in [0.1, 0.15) is 31.9 Å². The molecule has 1 aliphatic heterocycles. The van der Waals surface area contributed by atoms with Gasteiger partial charge >= 0.3 is 0 Å². The first-order valence-corrected chi connectivity index (χ1v) is 5.97. The van der Waals surface area contributed by atoms with Crippen LogP contribution in [0.2, 0.25) is 0 Å². The van der Waals surface area contributed by atoms with E-state index >= 15 is 0 Å². The van der Waals surface area contributed by atoms with E-state index < -0.39 is 0 Å². The first-order chi connectivity index (χ1) is 7.97. The first-order valence-electron chi connectivity index (χ1n) is 5.97. The highest BCUT2D eigenvalue weighted by Crippen LogP contribution is 2.41. The van der Waals surface area contributed by atoms with E-state index in [1.54, 1.807) is 7.11 Å². The molecule has 1 N–H and O–H groups in total. The van der Waals surface area contributed by atoms with Crippen molar-refractivity contribution >= 4 is 0 Å². The molecule has 1 heterocycles. The van der Waals surface area contributed by atoms with Crippen molar-refractivity contribution in [2.24, 2.45) is 0 Å². The first kappa shape index (κ1) is 12.2. The minimum absolute atomic E-state index is 0.116. The van der Waals surface area contributed by atoms with E-state index in [0.717, 1.165) is 23.5 Å². The molecule has 0 radical (unpaired) electrons. The predicted molar refractivity (Wildman–Crippen MR) is 66.9 cm³/mol. The molecule has 1 aliphatic rings. The van der Waals surface area contributed by atoms with Crippen LogP contribution in [-0.4, -0.2) is 24.9 Å². The third kappa shape index (κ3) is 2.12. The lowest BCUT2D eigenvalue weighted by Gasteiger charge is -2.23. The zero-order chi connectivity index (χ0) is 12.6. The SMILES string of the molecule is COc1cc(C(C)(C)CO)cc2c1OC(C)C2. The van der Waals surface area contributed by atoms with Crippen LogP contribution in [0.4, 0.5) is 0 Å². The van der Waals surface area contributed by atoms with Gasteiger partial charge in [-0.25, -0.2) is 0 Å². The summed E-state index contributed by atoms with van der Waals surface area (Å²) in [5, 5.41) is 9.44. The Labute approximate surface area is 102 Å². The van der Waals surface area contributed by atoms with E-state index in [-0.39, 0.29) is 18.1 Å². The maximum Gasteiger partial charge on any atom is 0.164 e. The normalized spacial score (nSPS) is 18.8. The standard InChI is InChI=1S/C14H20O3/c1-9-5-10-6-11(14(2,3)8-15)7-12(16-4)13(10)17-9/h6-7,9,15H,5,8H2,1-4H3. The Bertz CT molecular complexity index is 424. The van der Waals surface area contributed by atoms with Gasteiger partial charge < -0.3 is 14.6 Å². The number of aliphatic hydroxyl groups is 1. The van der Waals surface area contributed by atoms with E-state index in [9.17, 15) is 5.11 Å². The van der Waals surface area contributed by atoms with Gasteiger partial charge in [0.1, 0.15) is 6.10 Å². The van der Waals surface area contributed by atoms with Crippen LogP contribution in [0.3, 0.4) is 0 Å². The molecule has 1 atom stereocenters. The zero-order valence-corrected chi connectivity index (χ0v) is 10.9. The lowest BCUT2D eigenvalue weighted by Crippen LogP contribution is -2.22. The van der Waals surface area contributed by atoms with Gasteiger partial charge in [0.15, 0.2) is 11.5 Å². The molecule has 0 fully saturated rings. The largest absolute Gasteiger partial charge is 0.493 e. The third-order valence-electron chi connectivity index (χ3n) is 3.35. The van der Waals surface area contributed by atoms with Gasteiger partial charge in [0, 0.05) is 17.4 Å². The molecule has 0 bridgehead atoms. The average Bonchev–Trinajstić information content (AvgIpc) is 2.67. The van der Waals surface area contributed by atoms with Crippen LogP contribution in [0.5, 0.6) is 11.5 Å². The Balaban J connectivity index is 2.49. The number of hydrogen-bond donors (Lipinski definition) is 1. The van der Waals surface area contributed by atoms with Crippen molar-refractivity contribution in [2.75, 3.05) is 13.7 Å². The molecule has 0 saturated carbocycles. The summed E-state index contributed by atoms with van der Waals surface area (Å²) >= 11 is 0. The molecule has 0 saturated heterocycles. The number of benzene rings is 1. The number of rotatable bonds is 3. The van der Waals surface area contributed by atoms with Crippen molar-refractivity contribution < 1.29 is 14.6 Å². The quantitative estimate of drug-likeness (QED) is 0.875. The Morgan fingerprint density at radius 1 is 1.47 bits per heavy atom. The smallest absolute Gasteiger partial charge is 0.164 e. The van der Waals surface area contributed by atoms with Gasteiger partial charge in [0.05, 0.1) is 13.7 Å². The van der Waals surface area contributed by atoms with Crippen LogP contribution >= 0.6 is 0 Å². The summed E-state index contributed by atoms with van der Waals surface area (Å²) < 4.78 is 11.1. The summed E-state index contributed by atoms with van der Waals surface area (Å²) in [7, 11) is 1.65. The molecule has 0 amide bonds. The number of hydrogen-bond acceptors (Lipinski definition) is 3. The van der Waals surface area contributed by atoms with Gasteiger partial charge in [-0.15, -0.1) is 0 Å². The highest BCUT2D eigenvalue weighted by atomic mass is 16.5. The zero-order valence-electron chi connectivity index (χ0n) is 10.9. The summed E-state index contributed by atoms with van der Waals surface area (Å²) in [5.74, 6) is 1.63. The Morgan fingerprint density at radius 2 is 2.18 bits per heavy atom. The van der Waals surface area contributed by atoms with Crippen molar-refractivity contribution in [1.29, 1.82) is 0 Å². The van der Waals surface area contributed by atoms with Gasteiger partial charge in [-0.1, -0.05) is 19.9 Å². The van der Waals surface area contributed by atoms with E-state index in [2.05, 4.69) is 13.0 Å². The van der Waals surface area contributed by atoms with E-state index in [4.69, 9.17) is 9.47 Å². The lowest BCUT2D eigenvalue weighted by molar-refractivity contribution is 0.217. The molecule has 94 valence electrons. The van der Waals surface area contributed by atoms with Gasteiger partial charge in [0.2, 0.25) is 0 Å². The lowest BCUT2D eigenvalue weighted by atomic mass is 9.84. The molecule has 1 aromatic rings. The van der Waals surface area contributed by atoms with Gasteiger partial charge in [-0.3, -0.25) is 0 Å². The fourth-order valence-electron chi connectivity index (χ4n) is 2.13. The Kier molecular flexibility index (Phi) is 3.04. The molecule has 17 heavy (non-hydrogen) atoms. The number of fused-ring (bicyclic) bond motifs is 1. The summed E-state index contributed by atoms with van der Waals surface area (Å²) in [6, 6.07) is 4.09. The molecule has 2 rings (SSSR count). The van der Waals surface area contributed by atoms with Crippen LogP contribution in [-0.2, 0) is 11.8 Å². The monoisotopic (exact) mass is 236 g/mol. The summed E-state index contributed by atoms with van der Waals surface area (Å²) in [6.07, 6.45) is 1.10. The van der Waals surface area contributed by atoms with E-state index in [1.807, 2.05) is 19.9 Å². The molecule has 3 nitrogen and oxygen atoms in total. The predicted octanol–water partition coefficient (Wildman–Crippen LogP) is 2.29. The summed E-state index contributed by atoms with van der Waals surface area (Å²) in [4.78, 5) is 0. The highest BCUT2D eigenvalue weighted by molar-refractivity contribution is 5.53. The molecule has 0 aliphatic carbocycles. The maximum atomic E-state index is 9.44. The fourth-order valence-corrected chi connectivity index (χ4v) is 2.13. The van der Waals surface area contributed by atoms with E-state index in [1.165, 1.54) is 5.56 Å². The van der Waals surface area contributed by atoms with Crippen molar-refractivity contribution in [3.63, 3.8) is 0 Å². The van der Waals surface area contributed by atoms with Gasteiger partial charge in [-0.05, 0) is 18.6 Å². The van der Waals surface area contributed by atoms with Crippen molar-refractivity contribution in [1.82, 2.24) is 0 Å². The second kappa shape index (κ2) is 4.22. The average molecular weight is 236 g/mol. The van der Waals surface area contributed by atoms with Crippen LogP contribution in [0.15, 0.2) is 12.1 Å². The summed E-state index contributed by atoms with van der Waals surface area (Å²) in [6.45, 7) is 6.21. The van der Waals surface area contributed by atoms with Gasteiger partial charge in [0.25, 0.3) is 0 Å². The van der Waals surface area contributed by atoms with Crippen molar-refractivity contribution in [3.8, 4) is 11.5 Å². The van der Waals surface area contributed by atoms with Gasteiger partial charge in [-0.2, -0.15) is 0 Å². The minimum atomic E-state index is -0.256. The molecule has 0 aromatic heterocycles. The highest BCUT2D eigenvalue weighted by Gasteiger charge is 2.28. The van der Waals surface area contributed by atoms with Crippen LogP contribution in [0, 0.1) is 0 Å². The molecular weight excluding hydrogens is 216 g/mol. The second-order valence-corrected chi connectivity index (χ2v) is 5.34. The Morgan fingerprint density at radius 3 is 2.76 bits per heavy atom. The van der Waals surface area contributed by atoms with Crippen molar-refractivity contribution in [2.45, 2.75) is 38.7 Å². The van der Waals surface area contributed by atoms with Crippen LogP contribution < -0.4 is 9.47 Å². The second-order valence-electron chi connectivity index (χ2n) is 5.34. The molecule has 1 unspecified atom stereocenters. The number of methoxy groups -OCH3 is 1. The van der Waals surface area contributed by atoms with E-state index in [0.29, 0.717) is 0 Å². The third-order valence-corrected chi connectivity index (χ3v) is 3.35. The molecular formula is C14H20O3. The molecule has 3 heteroatoms. The molecule has 1 aromatic carbocycles.